The molecule has 1 aliphatic heterocycles. The summed E-state index contributed by atoms with van der Waals surface area (Å²) < 4.78 is 20.0. The van der Waals surface area contributed by atoms with E-state index in [2.05, 4.69) is 0 Å². The lowest BCUT2D eigenvalue weighted by Crippen LogP contribution is -2.48. The Bertz CT molecular complexity index is 719. The minimum Gasteiger partial charge on any atom is -0.485 e. The van der Waals surface area contributed by atoms with E-state index in [0.717, 1.165) is 6.42 Å². The summed E-state index contributed by atoms with van der Waals surface area (Å²) in [5.74, 6) is -1.66. The molecule has 0 spiro atoms. The summed E-state index contributed by atoms with van der Waals surface area (Å²) in [6, 6.07) is 5.89. The van der Waals surface area contributed by atoms with Gasteiger partial charge in [0.2, 0.25) is 5.78 Å². The summed E-state index contributed by atoms with van der Waals surface area (Å²) in [6.07, 6.45) is 1.86. The highest BCUT2D eigenvalue weighted by atomic mass is 32.1. The zero-order chi connectivity index (χ0) is 20.2. The Kier molecular flexibility index (Phi) is 7.09. The average molecular weight is 394 g/mol. The maximum atomic E-state index is 14.4. The van der Waals surface area contributed by atoms with E-state index in [9.17, 15) is 14.0 Å². The molecule has 1 aromatic rings. The molecule has 1 aromatic carbocycles. The first kappa shape index (κ1) is 21.5. The summed E-state index contributed by atoms with van der Waals surface area (Å²) in [5.41, 5.74) is -0.244. The van der Waals surface area contributed by atoms with Crippen molar-refractivity contribution in [2.24, 2.45) is 5.41 Å². The largest absolute Gasteiger partial charge is 0.485 e. The molecular weight excluding hydrogens is 365 g/mol. The molecule has 6 heteroatoms. The number of hydrogen-bond acceptors (Lipinski definition) is 4. The number of rotatable bonds is 7. The van der Waals surface area contributed by atoms with Crippen LogP contribution in [0.5, 0.6) is 0 Å². The fourth-order valence-corrected chi connectivity index (χ4v) is 3.66. The van der Waals surface area contributed by atoms with E-state index >= 15 is 0 Å². The van der Waals surface area contributed by atoms with Gasteiger partial charge in [0.15, 0.2) is 5.05 Å². The molecule has 1 fully saturated rings. The minimum absolute atomic E-state index is 0.248. The van der Waals surface area contributed by atoms with Crippen molar-refractivity contribution in [2.45, 2.75) is 58.9 Å². The van der Waals surface area contributed by atoms with Crippen LogP contribution in [0.2, 0.25) is 0 Å². The van der Waals surface area contributed by atoms with Crippen LogP contribution in [0.25, 0.3) is 0 Å². The van der Waals surface area contributed by atoms with E-state index in [1.165, 1.54) is 11.0 Å². The fourth-order valence-electron chi connectivity index (χ4n) is 3.28. The lowest BCUT2D eigenvalue weighted by Gasteiger charge is -2.31. The highest BCUT2D eigenvalue weighted by Crippen LogP contribution is 2.37. The second-order valence-electron chi connectivity index (χ2n) is 7.59. The van der Waals surface area contributed by atoms with Gasteiger partial charge in [-0.1, -0.05) is 45.9 Å². The first-order valence-electron chi connectivity index (χ1n) is 9.51. The highest BCUT2D eigenvalue weighted by molar-refractivity contribution is 7.80. The van der Waals surface area contributed by atoms with Gasteiger partial charge in [-0.15, -0.1) is 0 Å². The first-order valence-corrected chi connectivity index (χ1v) is 9.91. The molecule has 1 unspecified atom stereocenters. The van der Waals surface area contributed by atoms with Crippen LogP contribution in [0.15, 0.2) is 24.3 Å². The smallest absolute Gasteiger partial charge is 0.291 e. The second-order valence-corrected chi connectivity index (χ2v) is 8.00. The number of amides is 1. The molecular formula is C21H28FNO3S. The van der Waals surface area contributed by atoms with E-state index in [1.54, 1.807) is 32.0 Å². The third-order valence-electron chi connectivity index (χ3n) is 5.35. The summed E-state index contributed by atoms with van der Waals surface area (Å²) in [5, 5.41) is 0.248. The molecule has 1 heterocycles. The Morgan fingerprint density at radius 2 is 1.96 bits per heavy atom. The van der Waals surface area contributed by atoms with Gasteiger partial charge in [-0.05, 0) is 43.1 Å². The van der Waals surface area contributed by atoms with Crippen LogP contribution in [0, 0.1) is 11.2 Å². The van der Waals surface area contributed by atoms with E-state index in [4.69, 9.17) is 17.0 Å². The van der Waals surface area contributed by atoms with Gasteiger partial charge in [0.25, 0.3) is 5.91 Å². The fraction of sp³-hybridized carbons (Fsp3) is 0.571. The average Bonchev–Trinajstić information content (AvgIpc) is 3.10. The van der Waals surface area contributed by atoms with Crippen molar-refractivity contribution in [1.82, 2.24) is 4.90 Å². The molecule has 27 heavy (non-hydrogen) atoms. The van der Waals surface area contributed by atoms with E-state index < -0.39 is 23.1 Å². The molecule has 1 saturated heterocycles. The minimum atomic E-state index is -0.746. The number of carbonyl (C=O) groups is 2. The van der Waals surface area contributed by atoms with Crippen LogP contribution in [-0.4, -0.2) is 40.8 Å². The number of carbonyl (C=O) groups excluding carboxylic acids is 2. The number of benzene rings is 1. The molecule has 0 N–H and O–H groups in total. The molecule has 1 aliphatic rings. The van der Waals surface area contributed by atoms with Crippen LogP contribution in [-0.2, 0) is 14.3 Å². The Morgan fingerprint density at radius 1 is 1.30 bits per heavy atom. The summed E-state index contributed by atoms with van der Waals surface area (Å²) in [4.78, 5) is 27.2. The van der Waals surface area contributed by atoms with Crippen LogP contribution in [0.4, 0.5) is 4.39 Å². The lowest BCUT2D eigenvalue weighted by molar-refractivity contribution is -0.149. The van der Waals surface area contributed by atoms with Gasteiger partial charge in [0.1, 0.15) is 11.9 Å². The number of ether oxygens (including phenoxy) is 1. The molecule has 0 radical (unpaired) electrons. The Balaban J connectivity index is 2.36. The van der Waals surface area contributed by atoms with Gasteiger partial charge in [0.05, 0.1) is 6.61 Å². The lowest BCUT2D eigenvalue weighted by atomic mass is 9.84. The molecule has 148 valence electrons. The van der Waals surface area contributed by atoms with E-state index in [0.29, 0.717) is 31.6 Å². The SMILES string of the molecule is CCCOC(=S)[C@@H]1C(c2ccccc2F)CCN1C(=O)C(=O)C(C)(C)CC. The molecule has 0 saturated carbocycles. The van der Waals surface area contributed by atoms with E-state index in [-0.39, 0.29) is 16.8 Å². The molecule has 0 aromatic heterocycles. The maximum Gasteiger partial charge on any atom is 0.291 e. The van der Waals surface area contributed by atoms with Crippen LogP contribution >= 0.6 is 12.2 Å². The van der Waals surface area contributed by atoms with Crippen molar-refractivity contribution >= 4 is 29.0 Å². The van der Waals surface area contributed by atoms with Crippen molar-refractivity contribution in [2.75, 3.05) is 13.2 Å². The normalized spacial score (nSPS) is 19.8. The summed E-state index contributed by atoms with van der Waals surface area (Å²) in [7, 11) is 0. The third kappa shape index (κ3) is 4.54. The van der Waals surface area contributed by atoms with Crippen molar-refractivity contribution < 1.29 is 18.7 Å². The third-order valence-corrected chi connectivity index (χ3v) is 5.71. The number of halogens is 1. The molecule has 2 rings (SSSR count). The summed E-state index contributed by atoms with van der Waals surface area (Å²) in [6.45, 7) is 8.14. The topological polar surface area (TPSA) is 46.6 Å². The van der Waals surface area contributed by atoms with Crippen LogP contribution in [0.1, 0.15) is 58.4 Å². The Hall–Kier alpha value is -1.82. The van der Waals surface area contributed by atoms with Gasteiger partial charge in [-0.2, -0.15) is 0 Å². The van der Waals surface area contributed by atoms with Crippen molar-refractivity contribution in [3.8, 4) is 0 Å². The Labute approximate surface area is 166 Å². The number of hydrogen-bond donors (Lipinski definition) is 0. The molecule has 1 amide bonds. The molecule has 4 nitrogen and oxygen atoms in total. The van der Waals surface area contributed by atoms with Gasteiger partial charge < -0.3 is 9.64 Å². The zero-order valence-corrected chi connectivity index (χ0v) is 17.3. The van der Waals surface area contributed by atoms with Crippen molar-refractivity contribution in [3.63, 3.8) is 0 Å². The van der Waals surface area contributed by atoms with Gasteiger partial charge in [-0.25, -0.2) is 4.39 Å². The van der Waals surface area contributed by atoms with Gasteiger partial charge >= 0.3 is 0 Å². The number of Topliss-reactive ketones (excluding diaryl/α,β-unsaturated/α-hetero) is 1. The first-order chi connectivity index (χ1) is 12.7. The zero-order valence-electron chi connectivity index (χ0n) is 16.5. The Morgan fingerprint density at radius 3 is 2.56 bits per heavy atom. The maximum absolute atomic E-state index is 14.4. The number of ketones is 1. The predicted molar refractivity (Wildman–Crippen MR) is 107 cm³/mol. The van der Waals surface area contributed by atoms with Crippen molar-refractivity contribution in [1.29, 1.82) is 0 Å². The molecule has 0 bridgehead atoms. The number of likely N-dealkylation sites (tertiary alicyclic amines) is 1. The monoisotopic (exact) mass is 393 g/mol. The van der Waals surface area contributed by atoms with E-state index in [1.807, 2.05) is 13.8 Å². The van der Waals surface area contributed by atoms with Crippen molar-refractivity contribution in [3.05, 3.63) is 35.6 Å². The van der Waals surface area contributed by atoms with Gasteiger partial charge in [-0.3, -0.25) is 9.59 Å². The molecule has 0 aliphatic carbocycles. The number of thiocarbonyl (C=S) groups is 1. The predicted octanol–water partition coefficient (Wildman–Crippen LogP) is 4.27. The van der Waals surface area contributed by atoms with Crippen LogP contribution < -0.4 is 0 Å². The molecule has 2 atom stereocenters. The quantitative estimate of drug-likeness (QED) is 0.513. The van der Waals surface area contributed by atoms with Gasteiger partial charge in [0, 0.05) is 17.9 Å². The highest BCUT2D eigenvalue weighted by Gasteiger charge is 2.46. The number of nitrogens with zero attached hydrogens (tertiary/aromatic N) is 1. The standard InChI is InChI=1S/C21H28FNO3S/c1-5-13-26-20(27)17-15(14-9-7-8-10-16(14)22)11-12-23(17)19(25)18(24)21(3,4)6-2/h7-10,15,17H,5-6,11-13H2,1-4H3/t15?,17-/m0/s1. The van der Waals surface area contributed by atoms with Crippen LogP contribution in [0.3, 0.4) is 0 Å². The second kappa shape index (κ2) is 8.91. The summed E-state index contributed by atoms with van der Waals surface area (Å²) >= 11 is 5.45.